The smallest absolute Gasteiger partial charge is 0.367 e. The van der Waals surface area contributed by atoms with Crippen molar-refractivity contribution >= 4 is 11.8 Å². The molecule has 140 valence electrons. The van der Waals surface area contributed by atoms with Crippen LogP contribution in [0.5, 0.6) is 0 Å². The molecule has 5 nitrogen and oxygen atoms in total. The maximum absolute atomic E-state index is 12.0. The van der Waals surface area contributed by atoms with Gasteiger partial charge in [-0.3, -0.25) is 9.59 Å². The molecule has 1 rings (SSSR count). The van der Waals surface area contributed by atoms with Crippen LogP contribution in [0.15, 0.2) is 24.3 Å². The minimum Gasteiger partial charge on any atom is -0.367 e. The van der Waals surface area contributed by atoms with Crippen LogP contribution in [0.25, 0.3) is 0 Å². The first kappa shape index (κ1) is 21.0. The normalized spacial score (nSPS) is 11.9. The summed E-state index contributed by atoms with van der Waals surface area (Å²) in [4.78, 5) is 23.4. The van der Waals surface area contributed by atoms with Crippen LogP contribution < -0.4 is 10.6 Å². The number of carbonyl (C=O) groups is 2. The minimum absolute atomic E-state index is 0.112. The molecular formula is C17H23F3N2O3. The van der Waals surface area contributed by atoms with Crippen LogP contribution in [-0.4, -0.2) is 31.1 Å². The molecule has 25 heavy (non-hydrogen) atoms. The Labute approximate surface area is 144 Å². The molecular weight excluding hydrogens is 337 g/mol. The van der Waals surface area contributed by atoms with Gasteiger partial charge in [-0.2, -0.15) is 13.2 Å². The molecule has 0 saturated heterocycles. The summed E-state index contributed by atoms with van der Waals surface area (Å²) in [6.45, 7) is 3.98. The van der Waals surface area contributed by atoms with E-state index in [2.05, 4.69) is 15.4 Å². The van der Waals surface area contributed by atoms with Crippen LogP contribution in [-0.2, 0) is 27.5 Å². The number of halogens is 3. The Hall–Kier alpha value is -2.09. The molecule has 0 aromatic heterocycles. The van der Waals surface area contributed by atoms with Gasteiger partial charge in [0.05, 0.1) is 13.2 Å². The molecule has 0 aliphatic heterocycles. The molecule has 1 aromatic carbocycles. The summed E-state index contributed by atoms with van der Waals surface area (Å²) in [7, 11) is 0. The van der Waals surface area contributed by atoms with Crippen LogP contribution in [0.2, 0.25) is 0 Å². The Morgan fingerprint density at radius 2 is 1.56 bits per heavy atom. The Balaban J connectivity index is 2.33. The van der Waals surface area contributed by atoms with Gasteiger partial charge >= 0.3 is 6.18 Å². The molecule has 0 bridgehead atoms. The highest BCUT2D eigenvalue weighted by Gasteiger charge is 2.27. The van der Waals surface area contributed by atoms with Crippen molar-refractivity contribution in [1.82, 2.24) is 10.6 Å². The molecule has 0 aliphatic rings. The van der Waals surface area contributed by atoms with E-state index in [9.17, 15) is 22.8 Å². The van der Waals surface area contributed by atoms with Gasteiger partial charge in [-0.1, -0.05) is 45.0 Å². The first-order valence-electron chi connectivity index (χ1n) is 7.75. The summed E-state index contributed by atoms with van der Waals surface area (Å²) in [5.41, 5.74) is 0.830. The fraction of sp³-hybridized carbons (Fsp3) is 0.529. The zero-order chi connectivity index (χ0) is 19.1. The number of carbonyl (C=O) groups excluding carboxylic acids is 2. The second-order valence-corrected chi connectivity index (χ2v) is 6.63. The fourth-order valence-corrected chi connectivity index (χ4v) is 1.73. The maximum Gasteiger partial charge on any atom is 0.411 e. The third-order valence-corrected chi connectivity index (χ3v) is 3.14. The lowest BCUT2D eigenvalue weighted by Crippen LogP contribution is -2.41. The summed E-state index contributed by atoms with van der Waals surface area (Å²) in [6.07, 6.45) is -4.34. The molecule has 8 heteroatoms. The van der Waals surface area contributed by atoms with E-state index in [1.807, 2.05) is 0 Å². The number of amides is 2. The first-order valence-corrected chi connectivity index (χ1v) is 7.75. The largest absolute Gasteiger partial charge is 0.411 e. The van der Waals surface area contributed by atoms with Crippen molar-refractivity contribution < 1.29 is 27.5 Å². The fourth-order valence-electron chi connectivity index (χ4n) is 1.73. The predicted octanol–water partition coefficient (Wildman–Crippen LogP) is 2.54. The SMILES string of the molecule is CC(C)(C)C(=O)NCC(=O)NCc1ccc(COCC(F)(F)F)cc1. The van der Waals surface area contributed by atoms with Crippen molar-refractivity contribution in [2.24, 2.45) is 5.41 Å². The molecule has 1 aromatic rings. The standard InChI is InChI=1S/C17H23F3N2O3/c1-16(2,3)15(24)22-9-14(23)21-8-12-4-6-13(7-5-12)10-25-11-17(18,19)20/h4-7H,8-11H2,1-3H3,(H,21,23)(H,22,24). The molecule has 0 radical (unpaired) electrons. The van der Waals surface area contributed by atoms with Crippen molar-refractivity contribution in [3.05, 3.63) is 35.4 Å². The summed E-state index contributed by atoms with van der Waals surface area (Å²) in [5.74, 6) is -0.541. The highest BCUT2D eigenvalue weighted by atomic mass is 19.4. The molecule has 0 saturated carbocycles. The number of ether oxygens (including phenoxy) is 1. The van der Waals surface area contributed by atoms with E-state index >= 15 is 0 Å². The van der Waals surface area contributed by atoms with E-state index in [-0.39, 0.29) is 31.5 Å². The first-order chi connectivity index (χ1) is 11.5. The van der Waals surface area contributed by atoms with Crippen molar-refractivity contribution in [3.63, 3.8) is 0 Å². The zero-order valence-electron chi connectivity index (χ0n) is 14.5. The molecule has 0 heterocycles. The Morgan fingerprint density at radius 1 is 1.00 bits per heavy atom. The van der Waals surface area contributed by atoms with Crippen molar-refractivity contribution in [3.8, 4) is 0 Å². The van der Waals surface area contributed by atoms with E-state index in [0.29, 0.717) is 5.56 Å². The Kier molecular flexibility index (Phi) is 7.41. The second-order valence-electron chi connectivity index (χ2n) is 6.63. The zero-order valence-corrected chi connectivity index (χ0v) is 14.5. The van der Waals surface area contributed by atoms with Gasteiger partial charge in [0.15, 0.2) is 0 Å². The number of hydrogen-bond acceptors (Lipinski definition) is 3. The number of hydrogen-bond donors (Lipinski definition) is 2. The van der Waals surface area contributed by atoms with Gasteiger partial charge < -0.3 is 15.4 Å². The highest BCUT2D eigenvalue weighted by molar-refractivity contribution is 5.87. The van der Waals surface area contributed by atoms with Crippen LogP contribution in [0, 0.1) is 5.41 Å². The van der Waals surface area contributed by atoms with E-state index in [1.54, 1.807) is 45.0 Å². The van der Waals surface area contributed by atoms with Gasteiger partial charge in [-0.05, 0) is 11.1 Å². The van der Waals surface area contributed by atoms with Gasteiger partial charge in [0, 0.05) is 12.0 Å². The molecule has 0 spiro atoms. The van der Waals surface area contributed by atoms with Crippen molar-refractivity contribution in [2.75, 3.05) is 13.2 Å². The Morgan fingerprint density at radius 3 is 2.08 bits per heavy atom. The van der Waals surface area contributed by atoms with Crippen LogP contribution in [0.4, 0.5) is 13.2 Å². The lowest BCUT2D eigenvalue weighted by Gasteiger charge is -2.17. The molecule has 0 fully saturated rings. The molecule has 0 atom stereocenters. The third kappa shape index (κ3) is 9.09. The molecule has 0 aliphatic carbocycles. The van der Waals surface area contributed by atoms with E-state index in [0.717, 1.165) is 5.56 Å². The summed E-state index contributed by atoms with van der Waals surface area (Å²) in [5, 5.41) is 5.20. The number of rotatable bonds is 7. The predicted molar refractivity (Wildman–Crippen MR) is 86.5 cm³/mol. The summed E-state index contributed by atoms with van der Waals surface area (Å²) >= 11 is 0. The average molecular weight is 360 g/mol. The number of alkyl halides is 3. The molecule has 2 amide bonds. The van der Waals surface area contributed by atoms with E-state index in [4.69, 9.17) is 0 Å². The van der Waals surface area contributed by atoms with Crippen LogP contribution in [0.3, 0.4) is 0 Å². The van der Waals surface area contributed by atoms with Gasteiger partial charge in [-0.25, -0.2) is 0 Å². The van der Waals surface area contributed by atoms with E-state index in [1.165, 1.54) is 0 Å². The quantitative estimate of drug-likeness (QED) is 0.785. The highest BCUT2D eigenvalue weighted by Crippen LogP contribution is 2.16. The topological polar surface area (TPSA) is 67.4 Å². The third-order valence-electron chi connectivity index (χ3n) is 3.14. The second kappa shape index (κ2) is 8.84. The van der Waals surface area contributed by atoms with Crippen molar-refractivity contribution in [1.29, 1.82) is 0 Å². The summed E-state index contributed by atoms with van der Waals surface area (Å²) < 4.78 is 40.5. The molecule has 0 unspecified atom stereocenters. The lowest BCUT2D eigenvalue weighted by molar-refractivity contribution is -0.176. The number of benzene rings is 1. The summed E-state index contributed by atoms with van der Waals surface area (Å²) in [6, 6.07) is 6.67. The molecule has 2 N–H and O–H groups in total. The number of nitrogens with one attached hydrogen (secondary N) is 2. The van der Waals surface area contributed by atoms with Gasteiger partial charge in [-0.15, -0.1) is 0 Å². The van der Waals surface area contributed by atoms with Gasteiger partial charge in [0.25, 0.3) is 0 Å². The Bertz CT molecular complexity index is 578. The maximum atomic E-state index is 12.0. The van der Waals surface area contributed by atoms with Crippen molar-refractivity contribution in [2.45, 2.75) is 40.1 Å². The van der Waals surface area contributed by atoms with Crippen LogP contribution in [0.1, 0.15) is 31.9 Å². The minimum atomic E-state index is -4.34. The lowest BCUT2D eigenvalue weighted by atomic mass is 9.96. The average Bonchev–Trinajstić information content (AvgIpc) is 2.49. The van der Waals surface area contributed by atoms with Gasteiger partial charge in [0.2, 0.25) is 11.8 Å². The van der Waals surface area contributed by atoms with Gasteiger partial charge in [0.1, 0.15) is 6.61 Å². The van der Waals surface area contributed by atoms with Crippen LogP contribution >= 0.6 is 0 Å². The van der Waals surface area contributed by atoms with E-state index < -0.39 is 18.2 Å². The monoisotopic (exact) mass is 360 g/mol.